The number of thiophene rings is 1. The van der Waals surface area contributed by atoms with E-state index in [-0.39, 0.29) is 0 Å². The second kappa shape index (κ2) is 8.73. The van der Waals surface area contributed by atoms with Crippen LogP contribution in [0.3, 0.4) is 0 Å². The van der Waals surface area contributed by atoms with E-state index in [1.165, 1.54) is 10.1 Å². The number of hydrogen-bond donors (Lipinski definition) is 3. The molecular weight excluding hydrogens is 298 g/mol. The summed E-state index contributed by atoms with van der Waals surface area (Å²) in [7, 11) is 1.71. The number of nitrogens with zero attached hydrogens (tertiary/aromatic N) is 1. The molecule has 2 rings (SSSR count). The lowest BCUT2D eigenvalue weighted by atomic mass is 10.2. The zero-order valence-corrected chi connectivity index (χ0v) is 13.8. The molecule has 0 spiro atoms. The first-order valence-corrected chi connectivity index (χ1v) is 8.25. The summed E-state index contributed by atoms with van der Waals surface area (Å²) in [5.74, 6) is 0.667. The second-order valence-corrected chi connectivity index (χ2v) is 5.89. The van der Waals surface area contributed by atoms with Gasteiger partial charge < -0.3 is 20.5 Å². The van der Waals surface area contributed by atoms with Crippen molar-refractivity contribution in [1.29, 1.82) is 0 Å². The summed E-state index contributed by atoms with van der Waals surface area (Å²) in [5, 5.41) is 17.8. The first kappa shape index (κ1) is 16.7. The van der Waals surface area contributed by atoms with Crippen molar-refractivity contribution in [2.45, 2.75) is 13.0 Å². The largest absolute Gasteiger partial charge is 0.386 e. The molecule has 0 saturated heterocycles. The minimum Gasteiger partial charge on any atom is -0.386 e. The Labute approximate surface area is 135 Å². The number of nitrogens with one attached hydrogen (secondary N) is 2. The van der Waals surface area contributed by atoms with Gasteiger partial charge in [-0.1, -0.05) is 18.2 Å². The van der Waals surface area contributed by atoms with Crippen LogP contribution < -0.4 is 10.6 Å². The Hall–Kier alpha value is -1.63. The third kappa shape index (κ3) is 4.69. The number of aliphatic imine (C=N–C) groups is 1. The van der Waals surface area contributed by atoms with E-state index in [0.717, 1.165) is 4.88 Å². The predicted molar refractivity (Wildman–Crippen MR) is 92.6 cm³/mol. The highest BCUT2D eigenvalue weighted by Gasteiger charge is 2.11. The molecule has 1 unspecified atom stereocenters. The van der Waals surface area contributed by atoms with E-state index in [1.54, 1.807) is 18.4 Å². The van der Waals surface area contributed by atoms with E-state index < -0.39 is 6.10 Å². The molecule has 0 aliphatic rings. The monoisotopic (exact) mass is 321 g/mol. The highest BCUT2D eigenvalue weighted by atomic mass is 32.1. The lowest BCUT2D eigenvalue weighted by Gasteiger charge is -2.14. The van der Waals surface area contributed by atoms with Crippen LogP contribution >= 0.6 is 11.3 Å². The van der Waals surface area contributed by atoms with Crippen LogP contribution in [-0.4, -0.2) is 44.4 Å². The summed E-state index contributed by atoms with van der Waals surface area (Å²) in [5.41, 5.74) is 0. The van der Waals surface area contributed by atoms with Gasteiger partial charge in [0.15, 0.2) is 5.96 Å². The number of ether oxygens (including phenoxy) is 1. The van der Waals surface area contributed by atoms with Crippen molar-refractivity contribution in [1.82, 2.24) is 10.6 Å². The molecule has 0 aliphatic heterocycles. The van der Waals surface area contributed by atoms with Crippen LogP contribution in [0.1, 0.15) is 17.9 Å². The van der Waals surface area contributed by atoms with Gasteiger partial charge in [-0.3, -0.25) is 4.99 Å². The summed E-state index contributed by atoms with van der Waals surface area (Å²) in [4.78, 5) is 5.08. The van der Waals surface area contributed by atoms with Gasteiger partial charge in [0, 0.05) is 36.3 Å². The average Bonchev–Trinajstić information content (AvgIpc) is 2.98. The van der Waals surface area contributed by atoms with Gasteiger partial charge in [0.25, 0.3) is 0 Å². The van der Waals surface area contributed by atoms with Gasteiger partial charge in [-0.2, -0.15) is 0 Å². The maximum atomic E-state index is 10.3. The van der Waals surface area contributed by atoms with E-state index in [4.69, 9.17) is 4.74 Å². The Balaban J connectivity index is 1.84. The summed E-state index contributed by atoms with van der Waals surface area (Å²) in [6.45, 7) is 4.41. The van der Waals surface area contributed by atoms with Gasteiger partial charge in [0.1, 0.15) is 6.10 Å². The molecule has 6 heteroatoms. The van der Waals surface area contributed by atoms with Crippen molar-refractivity contribution in [3.63, 3.8) is 0 Å². The van der Waals surface area contributed by atoms with Crippen molar-refractivity contribution in [2.75, 3.05) is 33.4 Å². The molecule has 2 aromatic rings. The maximum Gasteiger partial charge on any atom is 0.191 e. The number of hydrogen-bond acceptors (Lipinski definition) is 4. The van der Waals surface area contributed by atoms with Crippen LogP contribution in [0, 0.1) is 0 Å². The van der Waals surface area contributed by atoms with E-state index in [0.29, 0.717) is 32.3 Å². The lowest BCUT2D eigenvalue weighted by Crippen LogP contribution is -2.40. The fourth-order valence-electron chi connectivity index (χ4n) is 2.07. The molecule has 5 nitrogen and oxygen atoms in total. The van der Waals surface area contributed by atoms with E-state index in [9.17, 15) is 5.11 Å². The van der Waals surface area contributed by atoms with Crippen LogP contribution in [0.2, 0.25) is 0 Å². The van der Waals surface area contributed by atoms with Crippen molar-refractivity contribution in [3.8, 4) is 0 Å². The molecule has 22 heavy (non-hydrogen) atoms. The molecule has 1 aromatic heterocycles. The van der Waals surface area contributed by atoms with E-state index >= 15 is 0 Å². The molecule has 0 aliphatic carbocycles. The van der Waals surface area contributed by atoms with Crippen molar-refractivity contribution in [2.24, 2.45) is 4.99 Å². The van der Waals surface area contributed by atoms with Gasteiger partial charge in [0.2, 0.25) is 0 Å². The Morgan fingerprint density at radius 3 is 2.91 bits per heavy atom. The molecule has 0 saturated carbocycles. The Morgan fingerprint density at radius 2 is 2.18 bits per heavy atom. The number of aliphatic hydroxyl groups is 1. The summed E-state index contributed by atoms with van der Waals surface area (Å²) in [6, 6.07) is 10.2. The van der Waals surface area contributed by atoms with Crippen LogP contribution in [0.5, 0.6) is 0 Å². The molecule has 0 amide bonds. The van der Waals surface area contributed by atoms with Crippen LogP contribution in [0.15, 0.2) is 35.3 Å². The van der Waals surface area contributed by atoms with Gasteiger partial charge >= 0.3 is 0 Å². The van der Waals surface area contributed by atoms with Crippen molar-refractivity contribution >= 4 is 27.4 Å². The second-order valence-electron chi connectivity index (χ2n) is 4.78. The molecule has 0 bridgehead atoms. The zero-order valence-electron chi connectivity index (χ0n) is 13.0. The number of benzene rings is 1. The van der Waals surface area contributed by atoms with E-state index in [1.807, 2.05) is 25.1 Å². The topological polar surface area (TPSA) is 65.9 Å². The third-order valence-corrected chi connectivity index (χ3v) is 4.42. The highest BCUT2D eigenvalue weighted by molar-refractivity contribution is 7.19. The predicted octanol–water partition coefficient (Wildman–Crippen LogP) is 2.14. The standard InChI is InChI=1S/C16H23N3O2S/c1-3-21-9-8-18-16(17-2)19-11-13(20)15-10-12-6-4-5-7-14(12)22-15/h4-7,10,13,20H,3,8-9,11H2,1-2H3,(H2,17,18,19). The molecule has 0 radical (unpaired) electrons. The quantitative estimate of drug-likeness (QED) is 0.415. The summed E-state index contributed by atoms with van der Waals surface area (Å²) in [6.07, 6.45) is -0.553. The molecule has 3 N–H and O–H groups in total. The third-order valence-electron chi connectivity index (χ3n) is 3.20. The van der Waals surface area contributed by atoms with Crippen molar-refractivity contribution in [3.05, 3.63) is 35.2 Å². The summed E-state index contributed by atoms with van der Waals surface area (Å²) >= 11 is 1.62. The Bertz CT molecular complexity index is 579. The van der Waals surface area contributed by atoms with Gasteiger partial charge in [-0.25, -0.2) is 0 Å². The first-order valence-electron chi connectivity index (χ1n) is 7.43. The highest BCUT2D eigenvalue weighted by Crippen LogP contribution is 2.29. The minimum atomic E-state index is -0.553. The molecule has 1 aromatic carbocycles. The first-order chi connectivity index (χ1) is 10.7. The number of aliphatic hydroxyl groups excluding tert-OH is 1. The normalized spacial score (nSPS) is 13.3. The molecule has 0 fully saturated rings. The maximum absolute atomic E-state index is 10.3. The number of fused-ring (bicyclic) bond motifs is 1. The van der Waals surface area contributed by atoms with Gasteiger partial charge in [0.05, 0.1) is 6.61 Å². The van der Waals surface area contributed by atoms with Crippen molar-refractivity contribution < 1.29 is 9.84 Å². The number of guanidine groups is 1. The Morgan fingerprint density at radius 1 is 1.36 bits per heavy atom. The molecular formula is C16H23N3O2S. The summed E-state index contributed by atoms with van der Waals surface area (Å²) < 4.78 is 6.45. The van der Waals surface area contributed by atoms with Gasteiger partial charge in [-0.15, -0.1) is 11.3 Å². The van der Waals surface area contributed by atoms with E-state index in [2.05, 4.69) is 27.8 Å². The molecule has 1 heterocycles. The smallest absolute Gasteiger partial charge is 0.191 e. The lowest BCUT2D eigenvalue weighted by molar-refractivity contribution is 0.152. The van der Waals surface area contributed by atoms with Crippen LogP contribution in [-0.2, 0) is 4.74 Å². The SMILES string of the molecule is CCOCCNC(=NC)NCC(O)c1cc2ccccc2s1. The zero-order chi connectivity index (χ0) is 15.8. The van der Waals surface area contributed by atoms with Crippen LogP contribution in [0.4, 0.5) is 0 Å². The van der Waals surface area contributed by atoms with Crippen LogP contribution in [0.25, 0.3) is 10.1 Å². The average molecular weight is 321 g/mol. The fraction of sp³-hybridized carbons (Fsp3) is 0.438. The Kier molecular flexibility index (Phi) is 6.64. The molecule has 1 atom stereocenters. The molecule has 120 valence electrons. The fourth-order valence-corrected chi connectivity index (χ4v) is 3.12. The van der Waals surface area contributed by atoms with Gasteiger partial charge in [-0.05, 0) is 24.4 Å². The number of rotatable bonds is 7. The minimum absolute atomic E-state index is 0.418.